The summed E-state index contributed by atoms with van der Waals surface area (Å²) < 4.78 is 10.9. The van der Waals surface area contributed by atoms with Crippen molar-refractivity contribution in [2.75, 3.05) is 27.3 Å². The highest BCUT2D eigenvalue weighted by Crippen LogP contribution is 2.47. The Kier molecular flexibility index (Phi) is 5.14. The molecule has 120 valence electrons. The van der Waals surface area contributed by atoms with Crippen molar-refractivity contribution in [2.45, 2.75) is 25.3 Å². The van der Waals surface area contributed by atoms with Crippen LogP contribution in [0.5, 0.6) is 11.5 Å². The monoisotopic (exact) mass is 323 g/mol. The lowest BCUT2D eigenvalue weighted by atomic mass is 9.79. The molecule has 0 amide bonds. The van der Waals surface area contributed by atoms with Gasteiger partial charge < -0.3 is 9.47 Å². The van der Waals surface area contributed by atoms with Crippen molar-refractivity contribution in [2.24, 2.45) is 0 Å². The predicted octanol–water partition coefficient (Wildman–Crippen LogP) is 3.19. The second-order valence-electron chi connectivity index (χ2n) is 5.57. The zero-order valence-electron chi connectivity index (χ0n) is 13.1. The van der Waals surface area contributed by atoms with E-state index in [0.29, 0.717) is 24.0 Å². The first-order valence-corrected chi connectivity index (χ1v) is 7.37. The highest BCUT2D eigenvalue weighted by atomic mass is 35.5. The lowest BCUT2D eigenvalue weighted by Gasteiger charge is -2.40. The zero-order valence-corrected chi connectivity index (χ0v) is 13.9. The number of hydrogen-bond donors (Lipinski definition) is 0. The van der Waals surface area contributed by atoms with Crippen molar-refractivity contribution >= 4 is 18.2 Å². The van der Waals surface area contributed by atoms with Gasteiger partial charge in [-0.15, -0.1) is 19.0 Å². The Balaban J connectivity index is 0.00000176. The van der Waals surface area contributed by atoms with Gasteiger partial charge in [0.25, 0.3) is 0 Å². The Morgan fingerprint density at radius 2 is 2.14 bits per heavy atom. The number of nitrogens with zero attached hydrogens (tertiary/aromatic N) is 1. The fraction of sp³-hybridized carbons (Fsp3) is 0.471. The van der Waals surface area contributed by atoms with Gasteiger partial charge in [0, 0.05) is 25.6 Å². The van der Waals surface area contributed by atoms with Crippen molar-refractivity contribution < 1.29 is 14.3 Å². The van der Waals surface area contributed by atoms with E-state index in [1.54, 1.807) is 14.2 Å². The Morgan fingerprint density at radius 3 is 2.77 bits per heavy atom. The molecule has 1 aromatic rings. The third-order valence-electron chi connectivity index (χ3n) is 4.53. The van der Waals surface area contributed by atoms with E-state index in [0.717, 1.165) is 37.1 Å². The van der Waals surface area contributed by atoms with Crippen LogP contribution in [0.2, 0.25) is 0 Å². The number of carbonyl (C=O) groups excluding carboxylic acids is 1. The van der Waals surface area contributed by atoms with E-state index in [9.17, 15) is 4.79 Å². The molecule has 0 radical (unpaired) electrons. The van der Waals surface area contributed by atoms with Crippen LogP contribution >= 0.6 is 12.4 Å². The lowest BCUT2D eigenvalue weighted by molar-refractivity contribution is 0.0922. The summed E-state index contributed by atoms with van der Waals surface area (Å²) in [5, 5.41) is 0. The molecule has 0 bridgehead atoms. The molecule has 0 aromatic heterocycles. The minimum absolute atomic E-state index is 0. The van der Waals surface area contributed by atoms with Crippen molar-refractivity contribution in [3.8, 4) is 11.5 Å². The highest BCUT2D eigenvalue weighted by molar-refractivity contribution is 6.02. The molecule has 1 aromatic carbocycles. The fourth-order valence-corrected chi connectivity index (χ4v) is 3.63. The van der Waals surface area contributed by atoms with Crippen molar-refractivity contribution in [1.82, 2.24) is 4.90 Å². The van der Waals surface area contributed by atoms with Gasteiger partial charge in [0.2, 0.25) is 0 Å². The molecule has 4 nitrogen and oxygen atoms in total. The van der Waals surface area contributed by atoms with Gasteiger partial charge in [-0.05, 0) is 30.0 Å². The smallest absolute Gasteiger partial charge is 0.171 e. The van der Waals surface area contributed by atoms with E-state index in [1.165, 1.54) is 5.56 Å². The van der Waals surface area contributed by atoms with Gasteiger partial charge in [-0.3, -0.25) is 9.69 Å². The summed E-state index contributed by atoms with van der Waals surface area (Å²) in [6.07, 6.45) is 4.30. The third-order valence-corrected chi connectivity index (χ3v) is 4.53. The standard InChI is InChI=1S/C17H21NO3.ClH/c1-4-8-18-9-7-11-10-14(20-2)17(21-3)16-13(19)6-5-12(18)15(11)16;/h4,10,12H,1,5-9H2,2-3H3;1H. The fourth-order valence-electron chi connectivity index (χ4n) is 3.63. The normalized spacial score (nSPS) is 19.9. The Labute approximate surface area is 137 Å². The summed E-state index contributed by atoms with van der Waals surface area (Å²) in [5.41, 5.74) is 3.11. The number of hydrogen-bond acceptors (Lipinski definition) is 4. The van der Waals surface area contributed by atoms with Crippen molar-refractivity contribution in [3.05, 3.63) is 35.4 Å². The number of rotatable bonds is 4. The summed E-state index contributed by atoms with van der Waals surface area (Å²) in [6, 6.07) is 2.33. The van der Waals surface area contributed by atoms with E-state index < -0.39 is 0 Å². The van der Waals surface area contributed by atoms with E-state index in [-0.39, 0.29) is 18.2 Å². The number of Topliss-reactive ketones (excluding diaryl/α,β-unsaturated/α-hetero) is 1. The van der Waals surface area contributed by atoms with Gasteiger partial charge in [0.05, 0.1) is 19.8 Å². The largest absolute Gasteiger partial charge is 0.493 e. The average molecular weight is 324 g/mol. The molecule has 0 N–H and O–H groups in total. The number of methoxy groups -OCH3 is 2. The van der Waals surface area contributed by atoms with E-state index >= 15 is 0 Å². The van der Waals surface area contributed by atoms with E-state index in [2.05, 4.69) is 11.5 Å². The summed E-state index contributed by atoms with van der Waals surface area (Å²) in [6.45, 7) is 5.69. The van der Waals surface area contributed by atoms with Crippen LogP contribution in [0.3, 0.4) is 0 Å². The van der Waals surface area contributed by atoms with Gasteiger partial charge in [0.1, 0.15) is 0 Å². The zero-order chi connectivity index (χ0) is 15.0. The Hall–Kier alpha value is -1.52. The topological polar surface area (TPSA) is 38.8 Å². The number of ketones is 1. The molecule has 5 heteroatoms. The summed E-state index contributed by atoms with van der Waals surface area (Å²) in [5.74, 6) is 1.42. The molecule has 22 heavy (non-hydrogen) atoms. The third kappa shape index (κ3) is 2.50. The maximum absolute atomic E-state index is 12.5. The number of carbonyl (C=O) groups is 1. The molecule has 1 aliphatic heterocycles. The minimum Gasteiger partial charge on any atom is -0.493 e. The van der Waals surface area contributed by atoms with Gasteiger partial charge in [-0.25, -0.2) is 0 Å². The van der Waals surface area contributed by atoms with Crippen LogP contribution in [-0.2, 0) is 6.42 Å². The number of ether oxygens (including phenoxy) is 2. The number of benzene rings is 1. The molecule has 1 aliphatic carbocycles. The molecule has 1 heterocycles. The molecule has 1 unspecified atom stereocenters. The Bertz CT molecular complexity index is 600. The van der Waals surface area contributed by atoms with E-state index in [4.69, 9.17) is 9.47 Å². The molecule has 2 aliphatic rings. The van der Waals surface area contributed by atoms with Crippen LogP contribution in [0.4, 0.5) is 0 Å². The van der Waals surface area contributed by atoms with Gasteiger partial charge in [0.15, 0.2) is 17.3 Å². The van der Waals surface area contributed by atoms with Gasteiger partial charge in [-0.2, -0.15) is 0 Å². The van der Waals surface area contributed by atoms with Crippen LogP contribution < -0.4 is 9.47 Å². The molecule has 1 atom stereocenters. The van der Waals surface area contributed by atoms with Crippen molar-refractivity contribution in [1.29, 1.82) is 0 Å². The summed E-state index contributed by atoms with van der Waals surface area (Å²) >= 11 is 0. The quantitative estimate of drug-likeness (QED) is 0.798. The second-order valence-corrected chi connectivity index (χ2v) is 5.57. The second kappa shape index (κ2) is 6.71. The maximum Gasteiger partial charge on any atom is 0.171 e. The molecule has 0 saturated carbocycles. The minimum atomic E-state index is 0. The molecular formula is C17H22ClNO3. The van der Waals surface area contributed by atoms with Gasteiger partial charge >= 0.3 is 0 Å². The highest BCUT2D eigenvalue weighted by Gasteiger charge is 2.37. The summed E-state index contributed by atoms with van der Waals surface area (Å²) in [4.78, 5) is 14.9. The van der Waals surface area contributed by atoms with Crippen LogP contribution in [0, 0.1) is 0 Å². The Morgan fingerprint density at radius 1 is 1.36 bits per heavy atom. The number of halogens is 1. The van der Waals surface area contributed by atoms with Crippen LogP contribution in [-0.4, -0.2) is 38.0 Å². The first-order chi connectivity index (χ1) is 10.2. The van der Waals surface area contributed by atoms with Crippen LogP contribution in [0.25, 0.3) is 0 Å². The predicted molar refractivity (Wildman–Crippen MR) is 88.6 cm³/mol. The molecule has 3 rings (SSSR count). The molecule has 0 saturated heterocycles. The maximum atomic E-state index is 12.5. The van der Waals surface area contributed by atoms with Crippen molar-refractivity contribution in [3.63, 3.8) is 0 Å². The first kappa shape index (κ1) is 16.8. The lowest BCUT2D eigenvalue weighted by Crippen LogP contribution is -2.39. The molecule has 0 spiro atoms. The van der Waals surface area contributed by atoms with Crippen LogP contribution in [0.15, 0.2) is 18.7 Å². The van der Waals surface area contributed by atoms with E-state index in [1.807, 2.05) is 12.1 Å². The first-order valence-electron chi connectivity index (χ1n) is 7.37. The molecule has 0 fully saturated rings. The molecular weight excluding hydrogens is 302 g/mol. The SMILES string of the molecule is C=CCN1CCc2cc(OC)c(OC)c3c2C1CCC3=O.Cl. The van der Waals surface area contributed by atoms with Gasteiger partial charge in [-0.1, -0.05) is 6.08 Å². The average Bonchev–Trinajstić information content (AvgIpc) is 2.51. The van der Waals surface area contributed by atoms with Crippen LogP contribution in [0.1, 0.15) is 40.4 Å². The summed E-state index contributed by atoms with van der Waals surface area (Å²) in [7, 11) is 3.22.